The van der Waals surface area contributed by atoms with Crippen molar-refractivity contribution in [3.8, 4) is 0 Å². The largest absolute Gasteiger partial charge is 0.462 e. The van der Waals surface area contributed by atoms with Gasteiger partial charge in [0, 0.05) is 23.7 Å². The van der Waals surface area contributed by atoms with Crippen molar-refractivity contribution in [2.45, 2.75) is 20.3 Å². The molecule has 0 spiro atoms. The number of carbonyl (C=O) groups is 1. The number of aromatic nitrogens is 2. The van der Waals surface area contributed by atoms with Crippen molar-refractivity contribution in [1.82, 2.24) is 9.97 Å². The number of pyridine rings is 2. The van der Waals surface area contributed by atoms with E-state index in [4.69, 9.17) is 4.74 Å². The van der Waals surface area contributed by atoms with Gasteiger partial charge in [-0.2, -0.15) is 0 Å². The first-order chi connectivity index (χ1) is 11.2. The fraction of sp³-hybridized carbons (Fsp3) is 0.211. The highest BCUT2D eigenvalue weighted by atomic mass is 16.5. The molecule has 0 saturated carbocycles. The van der Waals surface area contributed by atoms with E-state index in [1.54, 1.807) is 13.1 Å². The molecule has 0 atom stereocenters. The van der Waals surface area contributed by atoms with Crippen molar-refractivity contribution in [2.24, 2.45) is 0 Å². The number of aryl methyl sites for hydroxylation is 1. The zero-order valence-electron chi connectivity index (χ0n) is 13.2. The highest BCUT2D eigenvalue weighted by molar-refractivity contribution is 5.98. The number of benzene rings is 1. The van der Waals surface area contributed by atoms with Crippen LogP contribution in [0.4, 0.5) is 0 Å². The van der Waals surface area contributed by atoms with Gasteiger partial charge in [-0.1, -0.05) is 24.3 Å². The highest BCUT2D eigenvalue weighted by Gasteiger charge is 2.20. The molecule has 0 bridgehead atoms. The van der Waals surface area contributed by atoms with Gasteiger partial charge in [0.2, 0.25) is 0 Å². The van der Waals surface area contributed by atoms with E-state index in [1.807, 2.05) is 49.4 Å². The summed E-state index contributed by atoms with van der Waals surface area (Å²) in [6.45, 7) is 3.99. The van der Waals surface area contributed by atoms with Gasteiger partial charge in [0.05, 0.1) is 23.4 Å². The molecule has 0 aliphatic heterocycles. The number of para-hydroxylation sites is 1. The summed E-state index contributed by atoms with van der Waals surface area (Å²) in [4.78, 5) is 21.4. The number of hydrogen-bond donors (Lipinski definition) is 0. The highest BCUT2D eigenvalue weighted by Crippen LogP contribution is 2.26. The van der Waals surface area contributed by atoms with Crippen molar-refractivity contribution in [1.29, 1.82) is 0 Å². The monoisotopic (exact) mass is 306 g/mol. The fourth-order valence-corrected chi connectivity index (χ4v) is 2.76. The number of rotatable bonds is 4. The first-order valence-electron chi connectivity index (χ1n) is 7.66. The lowest BCUT2D eigenvalue weighted by Crippen LogP contribution is -2.13. The van der Waals surface area contributed by atoms with Gasteiger partial charge in [-0.15, -0.1) is 0 Å². The first-order valence-corrected chi connectivity index (χ1v) is 7.66. The predicted molar refractivity (Wildman–Crippen MR) is 89.5 cm³/mol. The molecule has 2 aromatic heterocycles. The van der Waals surface area contributed by atoms with Crippen LogP contribution < -0.4 is 0 Å². The smallest absolute Gasteiger partial charge is 0.340 e. The predicted octanol–water partition coefficient (Wildman–Crippen LogP) is 3.71. The molecular formula is C19H18N2O2. The standard InChI is InChI=1S/C19H18N2O2/c1-3-23-19(22)18-13(2)21-17-10-5-4-9-15(17)16(18)12-14-8-6-7-11-20-14/h4-11H,3,12H2,1-2H3. The Hall–Kier alpha value is -2.75. The van der Waals surface area contributed by atoms with Crippen LogP contribution in [-0.4, -0.2) is 22.5 Å². The van der Waals surface area contributed by atoms with Crippen LogP contribution in [0.25, 0.3) is 10.9 Å². The van der Waals surface area contributed by atoms with Gasteiger partial charge in [-0.3, -0.25) is 9.97 Å². The van der Waals surface area contributed by atoms with Crippen molar-refractivity contribution in [2.75, 3.05) is 6.61 Å². The minimum Gasteiger partial charge on any atom is -0.462 e. The van der Waals surface area contributed by atoms with Crippen LogP contribution in [0.3, 0.4) is 0 Å². The molecule has 1 aromatic carbocycles. The van der Waals surface area contributed by atoms with Crippen LogP contribution >= 0.6 is 0 Å². The lowest BCUT2D eigenvalue weighted by molar-refractivity contribution is 0.0524. The van der Waals surface area contributed by atoms with Crippen molar-refractivity contribution < 1.29 is 9.53 Å². The summed E-state index contributed by atoms with van der Waals surface area (Å²) in [5, 5.41) is 0.965. The number of fused-ring (bicyclic) bond motifs is 1. The Labute approximate surface area is 135 Å². The Morgan fingerprint density at radius 2 is 1.91 bits per heavy atom. The molecule has 3 aromatic rings. The molecule has 0 radical (unpaired) electrons. The summed E-state index contributed by atoms with van der Waals surface area (Å²) in [5.41, 5.74) is 3.95. The van der Waals surface area contributed by atoms with E-state index in [2.05, 4.69) is 9.97 Å². The van der Waals surface area contributed by atoms with Crippen LogP contribution in [0.15, 0.2) is 48.7 Å². The van der Waals surface area contributed by atoms with E-state index in [9.17, 15) is 4.79 Å². The van der Waals surface area contributed by atoms with Crippen LogP contribution in [0, 0.1) is 6.92 Å². The van der Waals surface area contributed by atoms with E-state index in [-0.39, 0.29) is 5.97 Å². The Bertz CT molecular complexity index is 845. The van der Waals surface area contributed by atoms with E-state index >= 15 is 0 Å². The van der Waals surface area contributed by atoms with Gasteiger partial charge in [0.1, 0.15) is 0 Å². The zero-order valence-corrected chi connectivity index (χ0v) is 13.2. The Morgan fingerprint density at radius 1 is 1.13 bits per heavy atom. The normalized spacial score (nSPS) is 10.7. The summed E-state index contributed by atoms with van der Waals surface area (Å²) in [5.74, 6) is -0.325. The zero-order chi connectivity index (χ0) is 16.2. The van der Waals surface area contributed by atoms with Crippen LogP contribution in [0.2, 0.25) is 0 Å². The second-order valence-corrected chi connectivity index (χ2v) is 5.29. The molecule has 3 rings (SSSR count). The molecule has 0 unspecified atom stereocenters. The molecule has 23 heavy (non-hydrogen) atoms. The van der Waals surface area contributed by atoms with Crippen LogP contribution in [-0.2, 0) is 11.2 Å². The fourth-order valence-electron chi connectivity index (χ4n) is 2.76. The van der Waals surface area contributed by atoms with Crippen molar-refractivity contribution >= 4 is 16.9 Å². The van der Waals surface area contributed by atoms with Gasteiger partial charge in [-0.25, -0.2) is 4.79 Å². The second kappa shape index (κ2) is 6.57. The Balaban J connectivity index is 2.21. The van der Waals surface area contributed by atoms with Crippen molar-refractivity contribution in [3.05, 3.63) is 71.2 Å². The van der Waals surface area contributed by atoms with E-state index in [1.165, 1.54) is 0 Å². The third-order valence-electron chi connectivity index (χ3n) is 3.74. The molecule has 0 aliphatic carbocycles. The summed E-state index contributed by atoms with van der Waals surface area (Å²) in [6.07, 6.45) is 2.33. The average Bonchev–Trinajstić information content (AvgIpc) is 2.56. The summed E-state index contributed by atoms with van der Waals surface area (Å²) >= 11 is 0. The molecule has 116 valence electrons. The molecule has 0 saturated heterocycles. The van der Waals surface area contributed by atoms with Gasteiger partial charge in [0.15, 0.2) is 0 Å². The molecule has 4 heteroatoms. The SMILES string of the molecule is CCOC(=O)c1c(C)nc2ccccc2c1Cc1ccccn1. The van der Waals surface area contributed by atoms with Gasteiger partial charge in [0.25, 0.3) is 0 Å². The topological polar surface area (TPSA) is 52.1 Å². The molecule has 0 N–H and O–H groups in total. The van der Waals surface area contributed by atoms with Crippen molar-refractivity contribution in [3.63, 3.8) is 0 Å². The quantitative estimate of drug-likeness (QED) is 0.690. The van der Waals surface area contributed by atoms with E-state index in [0.717, 1.165) is 22.2 Å². The molecule has 4 nitrogen and oxygen atoms in total. The molecular weight excluding hydrogens is 288 g/mol. The minimum atomic E-state index is -0.325. The summed E-state index contributed by atoms with van der Waals surface area (Å²) in [7, 11) is 0. The maximum atomic E-state index is 12.4. The molecule has 0 fully saturated rings. The van der Waals surface area contributed by atoms with Gasteiger partial charge >= 0.3 is 5.97 Å². The van der Waals surface area contributed by atoms with Gasteiger partial charge in [-0.05, 0) is 37.6 Å². The minimum absolute atomic E-state index is 0.325. The second-order valence-electron chi connectivity index (χ2n) is 5.29. The van der Waals surface area contributed by atoms with Crippen LogP contribution in [0.1, 0.15) is 34.2 Å². The summed E-state index contributed by atoms with van der Waals surface area (Å²) < 4.78 is 5.24. The number of carbonyl (C=O) groups excluding carboxylic acids is 1. The van der Waals surface area contributed by atoms with Gasteiger partial charge < -0.3 is 4.74 Å². The van der Waals surface area contributed by atoms with E-state index in [0.29, 0.717) is 24.3 Å². The first kappa shape index (κ1) is 15.2. The molecule has 0 aliphatic rings. The third kappa shape index (κ3) is 3.06. The lowest BCUT2D eigenvalue weighted by atomic mass is 9.96. The Morgan fingerprint density at radius 3 is 2.65 bits per heavy atom. The average molecular weight is 306 g/mol. The number of ether oxygens (including phenoxy) is 1. The lowest BCUT2D eigenvalue weighted by Gasteiger charge is -2.14. The Kier molecular flexibility index (Phi) is 4.33. The number of hydrogen-bond acceptors (Lipinski definition) is 4. The summed E-state index contributed by atoms with van der Waals surface area (Å²) in [6, 6.07) is 13.6. The molecule has 2 heterocycles. The third-order valence-corrected chi connectivity index (χ3v) is 3.74. The maximum absolute atomic E-state index is 12.4. The van der Waals surface area contributed by atoms with Crippen LogP contribution in [0.5, 0.6) is 0 Å². The number of esters is 1. The molecule has 0 amide bonds. The number of nitrogens with zero attached hydrogens (tertiary/aromatic N) is 2. The maximum Gasteiger partial charge on any atom is 0.340 e. The van der Waals surface area contributed by atoms with E-state index < -0.39 is 0 Å².